The molecule has 0 spiro atoms. The molecular formula is C12H16O5S. The molecule has 2 N–H and O–H groups in total. The van der Waals surface area contributed by atoms with E-state index in [0.717, 1.165) is 0 Å². The van der Waals surface area contributed by atoms with Crippen molar-refractivity contribution in [2.45, 2.75) is 37.0 Å². The molecule has 1 aromatic rings. The lowest BCUT2D eigenvalue weighted by Gasteiger charge is -2.06. The van der Waals surface area contributed by atoms with Gasteiger partial charge in [-0.15, -0.1) is 0 Å². The highest BCUT2D eigenvalue weighted by atomic mass is 32.2. The third-order valence-corrected chi connectivity index (χ3v) is 3.54. The number of rotatable bonds is 7. The van der Waals surface area contributed by atoms with Gasteiger partial charge in [0.1, 0.15) is 0 Å². The predicted octanol–water partition coefficient (Wildman–Crippen LogP) is 2.12. The maximum Gasteiger partial charge on any atom is 0.303 e. The van der Waals surface area contributed by atoms with Crippen molar-refractivity contribution < 1.29 is 22.9 Å². The van der Waals surface area contributed by atoms with Gasteiger partial charge in [0.15, 0.2) is 0 Å². The Bertz CT molecular complexity index is 507. The van der Waals surface area contributed by atoms with Crippen LogP contribution in [0.4, 0.5) is 0 Å². The van der Waals surface area contributed by atoms with Gasteiger partial charge in [0.05, 0.1) is 4.90 Å². The minimum atomic E-state index is -4.18. The van der Waals surface area contributed by atoms with E-state index in [2.05, 4.69) is 0 Å². The Labute approximate surface area is 106 Å². The van der Waals surface area contributed by atoms with Crippen molar-refractivity contribution in [3.05, 3.63) is 29.8 Å². The Balaban J connectivity index is 2.55. The second-order valence-electron chi connectivity index (χ2n) is 4.04. The Hall–Kier alpha value is -1.40. The second kappa shape index (κ2) is 6.51. The topological polar surface area (TPSA) is 91.7 Å². The van der Waals surface area contributed by atoms with Gasteiger partial charge in [-0.1, -0.05) is 24.6 Å². The molecule has 0 amide bonds. The van der Waals surface area contributed by atoms with Crippen molar-refractivity contribution >= 4 is 16.1 Å². The van der Waals surface area contributed by atoms with Gasteiger partial charge in [-0.25, -0.2) is 0 Å². The number of carboxylic acids is 1. The number of hydrogen-bond acceptors (Lipinski definition) is 3. The Kier molecular flexibility index (Phi) is 5.30. The highest BCUT2D eigenvalue weighted by Gasteiger charge is 2.13. The summed E-state index contributed by atoms with van der Waals surface area (Å²) in [6.07, 6.45) is 2.62. The van der Waals surface area contributed by atoms with E-state index in [1.807, 2.05) is 0 Å². The van der Waals surface area contributed by atoms with Crippen LogP contribution in [0.1, 0.15) is 31.2 Å². The fourth-order valence-electron chi connectivity index (χ4n) is 1.73. The van der Waals surface area contributed by atoms with Crippen LogP contribution in [0.5, 0.6) is 0 Å². The van der Waals surface area contributed by atoms with Crippen LogP contribution in [0.2, 0.25) is 0 Å². The summed E-state index contributed by atoms with van der Waals surface area (Å²) in [7, 11) is -4.18. The summed E-state index contributed by atoms with van der Waals surface area (Å²) < 4.78 is 31.3. The molecule has 0 heterocycles. The quantitative estimate of drug-likeness (QED) is 0.586. The molecule has 0 bridgehead atoms. The molecule has 18 heavy (non-hydrogen) atoms. The first kappa shape index (κ1) is 14.7. The van der Waals surface area contributed by atoms with Gasteiger partial charge in [0.2, 0.25) is 0 Å². The summed E-state index contributed by atoms with van der Waals surface area (Å²) in [6.45, 7) is 0. The van der Waals surface area contributed by atoms with Gasteiger partial charge >= 0.3 is 5.97 Å². The molecule has 0 radical (unpaired) electrons. The summed E-state index contributed by atoms with van der Waals surface area (Å²) in [6, 6.07) is 6.28. The monoisotopic (exact) mass is 272 g/mol. The van der Waals surface area contributed by atoms with Crippen molar-refractivity contribution in [1.82, 2.24) is 0 Å². The van der Waals surface area contributed by atoms with E-state index in [1.165, 1.54) is 6.07 Å². The molecule has 0 saturated carbocycles. The lowest BCUT2D eigenvalue weighted by atomic mass is 10.1. The minimum Gasteiger partial charge on any atom is -0.481 e. The van der Waals surface area contributed by atoms with E-state index in [0.29, 0.717) is 31.2 Å². The number of hydrogen-bond donors (Lipinski definition) is 2. The lowest BCUT2D eigenvalue weighted by Crippen LogP contribution is -2.03. The maximum absolute atomic E-state index is 11.1. The first-order valence-corrected chi connectivity index (χ1v) is 7.12. The number of aryl methyl sites for hydroxylation is 1. The first-order valence-electron chi connectivity index (χ1n) is 5.68. The van der Waals surface area contributed by atoms with E-state index in [4.69, 9.17) is 9.66 Å². The van der Waals surface area contributed by atoms with Gasteiger partial charge in [-0.05, 0) is 30.9 Å². The summed E-state index contributed by atoms with van der Waals surface area (Å²) in [5.41, 5.74) is 0.565. The minimum absolute atomic E-state index is 0.0664. The van der Waals surface area contributed by atoms with Crippen molar-refractivity contribution in [3.8, 4) is 0 Å². The molecule has 0 aliphatic rings. The maximum atomic E-state index is 11.1. The first-order chi connectivity index (χ1) is 8.41. The second-order valence-corrected chi connectivity index (χ2v) is 5.43. The van der Waals surface area contributed by atoms with Crippen molar-refractivity contribution in [2.24, 2.45) is 0 Å². The third kappa shape index (κ3) is 4.85. The van der Waals surface area contributed by atoms with Crippen LogP contribution >= 0.6 is 0 Å². The van der Waals surface area contributed by atoms with Crippen LogP contribution in [0.25, 0.3) is 0 Å². The normalized spacial score (nSPS) is 11.4. The van der Waals surface area contributed by atoms with Crippen molar-refractivity contribution in [1.29, 1.82) is 0 Å². The number of benzene rings is 1. The number of carboxylic acid groups (broad SMARTS) is 1. The Morgan fingerprint density at radius 3 is 2.39 bits per heavy atom. The molecule has 100 valence electrons. The van der Waals surface area contributed by atoms with Crippen LogP contribution in [-0.2, 0) is 21.3 Å². The van der Waals surface area contributed by atoms with Crippen molar-refractivity contribution in [3.63, 3.8) is 0 Å². The molecule has 1 aromatic carbocycles. The van der Waals surface area contributed by atoms with E-state index >= 15 is 0 Å². The van der Waals surface area contributed by atoms with Gasteiger partial charge in [0.25, 0.3) is 10.1 Å². The average molecular weight is 272 g/mol. The Morgan fingerprint density at radius 1 is 1.11 bits per heavy atom. The highest BCUT2D eigenvalue weighted by Crippen LogP contribution is 2.17. The molecule has 6 heteroatoms. The van der Waals surface area contributed by atoms with E-state index < -0.39 is 16.1 Å². The fourth-order valence-corrected chi connectivity index (χ4v) is 2.48. The van der Waals surface area contributed by atoms with Crippen LogP contribution < -0.4 is 0 Å². The predicted molar refractivity (Wildman–Crippen MR) is 66.1 cm³/mol. The number of aliphatic carboxylic acids is 1. The van der Waals surface area contributed by atoms with Crippen LogP contribution in [0.15, 0.2) is 29.2 Å². The Morgan fingerprint density at radius 2 is 1.78 bits per heavy atom. The molecular weight excluding hydrogens is 256 g/mol. The molecule has 0 aliphatic heterocycles. The molecule has 0 atom stereocenters. The third-order valence-electron chi connectivity index (χ3n) is 2.59. The van der Waals surface area contributed by atoms with Gasteiger partial charge in [-0.3, -0.25) is 9.35 Å². The molecule has 0 aliphatic carbocycles. The van der Waals surface area contributed by atoms with Crippen LogP contribution in [-0.4, -0.2) is 24.0 Å². The summed E-state index contributed by atoms with van der Waals surface area (Å²) >= 11 is 0. The zero-order valence-corrected chi connectivity index (χ0v) is 10.7. The van der Waals surface area contributed by atoms with E-state index in [9.17, 15) is 13.2 Å². The molecule has 0 aromatic heterocycles. The number of carbonyl (C=O) groups is 1. The van der Waals surface area contributed by atoms with Gasteiger partial charge < -0.3 is 5.11 Å². The zero-order valence-electron chi connectivity index (χ0n) is 9.87. The highest BCUT2D eigenvalue weighted by molar-refractivity contribution is 7.85. The molecule has 1 rings (SSSR count). The average Bonchev–Trinajstić information content (AvgIpc) is 2.27. The fraction of sp³-hybridized carbons (Fsp3) is 0.417. The molecule has 5 nitrogen and oxygen atoms in total. The standard InChI is InChI=1S/C12H16O5S/c13-12(14)9-3-1-2-6-10-7-4-5-8-11(10)18(15,16)17/h4-5,7-8H,1-3,6,9H2,(H,13,14)(H,15,16,17). The SMILES string of the molecule is O=C(O)CCCCCc1ccccc1S(=O)(=O)O. The largest absolute Gasteiger partial charge is 0.481 e. The molecule has 0 unspecified atom stereocenters. The summed E-state index contributed by atoms with van der Waals surface area (Å²) in [5, 5.41) is 8.47. The molecule has 0 saturated heterocycles. The lowest BCUT2D eigenvalue weighted by molar-refractivity contribution is -0.137. The van der Waals surface area contributed by atoms with Crippen LogP contribution in [0.3, 0.4) is 0 Å². The smallest absolute Gasteiger partial charge is 0.303 e. The van der Waals surface area contributed by atoms with Gasteiger partial charge in [-0.2, -0.15) is 8.42 Å². The van der Waals surface area contributed by atoms with E-state index in [-0.39, 0.29) is 11.3 Å². The number of unbranched alkanes of at least 4 members (excludes halogenated alkanes) is 2. The summed E-state index contributed by atoms with van der Waals surface area (Å²) in [5.74, 6) is -0.826. The molecule has 0 fully saturated rings. The van der Waals surface area contributed by atoms with Crippen LogP contribution in [0, 0.1) is 0 Å². The van der Waals surface area contributed by atoms with Gasteiger partial charge in [0, 0.05) is 6.42 Å². The van der Waals surface area contributed by atoms with E-state index in [1.54, 1.807) is 18.2 Å². The summed E-state index contributed by atoms with van der Waals surface area (Å²) in [4.78, 5) is 10.2. The zero-order chi connectivity index (χ0) is 13.6. The van der Waals surface area contributed by atoms with Crippen molar-refractivity contribution in [2.75, 3.05) is 0 Å².